The summed E-state index contributed by atoms with van der Waals surface area (Å²) in [5, 5.41) is 13.6. The number of halogens is 1. The van der Waals surface area contributed by atoms with Gasteiger partial charge in [-0.2, -0.15) is 0 Å². The second-order valence-corrected chi connectivity index (χ2v) is 5.21. The van der Waals surface area contributed by atoms with Crippen LogP contribution in [0.1, 0.15) is 21.5 Å². The molecule has 0 aromatic heterocycles. The molecule has 7 nitrogen and oxygen atoms in total. The van der Waals surface area contributed by atoms with Gasteiger partial charge in [-0.25, -0.2) is 9.18 Å². The molecule has 2 aromatic rings. The van der Waals surface area contributed by atoms with Crippen molar-refractivity contribution in [2.24, 2.45) is 0 Å². The van der Waals surface area contributed by atoms with Crippen LogP contribution in [0.3, 0.4) is 0 Å². The molecule has 0 radical (unpaired) electrons. The van der Waals surface area contributed by atoms with Crippen molar-refractivity contribution in [3.8, 4) is 0 Å². The number of nitrogens with one attached hydrogen (secondary N) is 1. The number of ether oxygens (including phenoxy) is 1. The van der Waals surface area contributed by atoms with Gasteiger partial charge in [0.2, 0.25) is 0 Å². The van der Waals surface area contributed by atoms with Crippen LogP contribution in [0, 0.1) is 22.9 Å². The average molecular weight is 346 g/mol. The molecule has 2 rings (SSSR count). The predicted molar refractivity (Wildman–Crippen MR) is 86.4 cm³/mol. The zero-order valence-corrected chi connectivity index (χ0v) is 13.3. The molecule has 0 spiro atoms. The maximum absolute atomic E-state index is 12.8. The molecule has 0 bridgehead atoms. The van der Waals surface area contributed by atoms with Crippen molar-refractivity contribution in [1.82, 2.24) is 5.32 Å². The molecule has 1 amide bonds. The van der Waals surface area contributed by atoms with Crippen molar-refractivity contribution in [3.63, 3.8) is 0 Å². The number of amides is 1. The fraction of sp³-hybridized carbons (Fsp3) is 0.176. The highest BCUT2D eigenvalue weighted by Gasteiger charge is 2.24. The number of hydrogen-bond acceptors (Lipinski definition) is 5. The molecule has 2 aromatic carbocycles. The zero-order chi connectivity index (χ0) is 18.4. The number of hydrogen-bond donors (Lipinski definition) is 1. The SMILES string of the molecule is Cc1cccc(C(=O)OCC(=O)NCc2ccc(F)cc2)c1[N+](=O)[O-]. The van der Waals surface area contributed by atoms with Crippen molar-refractivity contribution in [2.75, 3.05) is 6.61 Å². The monoisotopic (exact) mass is 346 g/mol. The van der Waals surface area contributed by atoms with E-state index in [0.29, 0.717) is 11.1 Å². The van der Waals surface area contributed by atoms with Gasteiger partial charge in [0.25, 0.3) is 11.6 Å². The number of benzene rings is 2. The first-order valence-electron chi connectivity index (χ1n) is 7.30. The Labute approximate surface area is 142 Å². The summed E-state index contributed by atoms with van der Waals surface area (Å²) in [6, 6.07) is 9.81. The zero-order valence-electron chi connectivity index (χ0n) is 13.3. The smallest absolute Gasteiger partial charge is 0.345 e. The van der Waals surface area contributed by atoms with Gasteiger partial charge >= 0.3 is 5.97 Å². The minimum Gasteiger partial charge on any atom is -0.452 e. The maximum atomic E-state index is 12.8. The van der Waals surface area contributed by atoms with Crippen molar-refractivity contribution >= 4 is 17.6 Å². The molecule has 25 heavy (non-hydrogen) atoms. The van der Waals surface area contributed by atoms with Crippen molar-refractivity contribution in [2.45, 2.75) is 13.5 Å². The molecule has 0 heterocycles. The first-order chi connectivity index (χ1) is 11.9. The van der Waals surface area contributed by atoms with Gasteiger partial charge in [0.05, 0.1) is 4.92 Å². The van der Waals surface area contributed by atoms with E-state index in [-0.39, 0.29) is 23.6 Å². The summed E-state index contributed by atoms with van der Waals surface area (Å²) in [5.74, 6) is -1.91. The predicted octanol–water partition coefficient (Wildman–Crippen LogP) is 2.52. The van der Waals surface area contributed by atoms with E-state index in [9.17, 15) is 24.1 Å². The molecule has 0 unspecified atom stereocenters. The lowest BCUT2D eigenvalue weighted by Gasteiger charge is -2.08. The first-order valence-corrected chi connectivity index (χ1v) is 7.30. The van der Waals surface area contributed by atoms with Crippen molar-refractivity contribution in [1.29, 1.82) is 0 Å². The molecule has 0 saturated carbocycles. The minimum atomic E-state index is -0.952. The lowest BCUT2D eigenvalue weighted by molar-refractivity contribution is -0.385. The Hall–Kier alpha value is -3.29. The summed E-state index contributed by atoms with van der Waals surface area (Å²) < 4.78 is 17.6. The quantitative estimate of drug-likeness (QED) is 0.492. The Balaban J connectivity index is 1.91. The third-order valence-electron chi connectivity index (χ3n) is 3.38. The third-order valence-corrected chi connectivity index (χ3v) is 3.38. The Morgan fingerprint density at radius 2 is 1.88 bits per heavy atom. The van der Waals surface area contributed by atoms with Gasteiger partial charge in [-0.05, 0) is 30.7 Å². The summed E-state index contributed by atoms with van der Waals surface area (Å²) in [5.41, 5.74) is 0.436. The normalized spacial score (nSPS) is 10.2. The number of nitro groups is 1. The van der Waals surface area contributed by atoms with Crippen molar-refractivity contribution in [3.05, 3.63) is 75.1 Å². The highest BCUT2D eigenvalue weighted by atomic mass is 19.1. The number of carbonyl (C=O) groups is 2. The van der Waals surface area contributed by atoms with Crippen LogP contribution in [0.2, 0.25) is 0 Å². The summed E-state index contributed by atoms with van der Waals surface area (Å²) in [6.45, 7) is 1.07. The molecule has 8 heteroatoms. The lowest BCUT2D eigenvalue weighted by Crippen LogP contribution is -2.28. The lowest BCUT2D eigenvalue weighted by atomic mass is 10.1. The van der Waals surface area contributed by atoms with E-state index in [4.69, 9.17) is 4.74 Å². The fourth-order valence-corrected chi connectivity index (χ4v) is 2.13. The number of carbonyl (C=O) groups excluding carboxylic acids is 2. The Morgan fingerprint density at radius 1 is 1.20 bits per heavy atom. The highest BCUT2D eigenvalue weighted by Crippen LogP contribution is 2.23. The van der Waals surface area contributed by atoms with E-state index in [2.05, 4.69) is 5.32 Å². The van der Waals surface area contributed by atoms with Crippen LogP contribution < -0.4 is 5.32 Å². The molecular weight excluding hydrogens is 331 g/mol. The Morgan fingerprint density at radius 3 is 2.52 bits per heavy atom. The average Bonchev–Trinajstić information content (AvgIpc) is 2.58. The van der Waals surface area contributed by atoms with Gasteiger partial charge in [0.1, 0.15) is 11.4 Å². The minimum absolute atomic E-state index is 0.140. The third kappa shape index (κ3) is 4.84. The number of rotatable bonds is 6. The summed E-state index contributed by atoms with van der Waals surface area (Å²) in [6.07, 6.45) is 0. The van der Waals surface area contributed by atoms with Crippen LogP contribution in [0.25, 0.3) is 0 Å². The molecule has 0 aliphatic heterocycles. The first kappa shape index (κ1) is 18.1. The van der Waals surface area contributed by atoms with E-state index in [1.54, 1.807) is 0 Å². The Kier molecular flexibility index (Phi) is 5.78. The molecule has 0 aliphatic rings. The summed E-state index contributed by atoms with van der Waals surface area (Å²) in [7, 11) is 0. The van der Waals surface area contributed by atoms with E-state index in [1.807, 2.05) is 0 Å². The van der Waals surface area contributed by atoms with Crippen LogP contribution >= 0.6 is 0 Å². The van der Waals surface area contributed by atoms with E-state index >= 15 is 0 Å². The topological polar surface area (TPSA) is 98.5 Å². The molecule has 0 atom stereocenters. The summed E-state index contributed by atoms with van der Waals surface area (Å²) >= 11 is 0. The largest absolute Gasteiger partial charge is 0.452 e. The number of nitro benzene ring substituents is 1. The van der Waals surface area contributed by atoms with Gasteiger partial charge in [0.15, 0.2) is 6.61 Å². The Bertz CT molecular complexity index is 805. The van der Waals surface area contributed by atoms with Gasteiger partial charge in [-0.15, -0.1) is 0 Å². The molecule has 130 valence electrons. The molecule has 1 N–H and O–H groups in total. The standard InChI is InChI=1S/C17H15FN2O5/c1-11-3-2-4-14(16(11)20(23)24)17(22)25-10-15(21)19-9-12-5-7-13(18)8-6-12/h2-8H,9-10H2,1H3,(H,19,21). The number of aryl methyl sites for hydroxylation is 1. The fourth-order valence-electron chi connectivity index (χ4n) is 2.13. The molecule has 0 saturated heterocycles. The van der Waals surface area contributed by atoms with Crippen LogP contribution in [-0.2, 0) is 16.1 Å². The molecule has 0 aliphatic carbocycles. The van der Waals surface area contributed by atoms with Crippen LogP contribution in [0.4, 0.5) is 10.1 Å². The van der Waals surface area contributed by atoms with Crippen LogP contribution in [-0.4, -0.2) is 23.4 Å². The summed E-state index contributed by atoms with van der Waals surface area (Å²) in [4.78, 5) is 34.1. The molecular formula is C17H15FN2O5. The van der Waals surface area contributed by atoms with Gasteiger partial charge in [-0.1, -0.05) is 24.3 Å². The van der Waals surface area contributed by atoms with Gasteiger partial charge in [-0.3, -0.25) is 14.9 Å². The maximum Gasteiger partial charge on any atom is 0.345 e. The number of para-hydroxylation sites is 1. The van der Waals surface area contributed by atoms with E-state index in [1.165, 1.54) is 49.4 Å². The van der Waals surface area contributed by atoms with Gasteiger partial charge < -0.3 is 10.1 Å². The number of nitrogens with zero attached hydrogens (tertiary/aromatic N) is 1. The second-order valence-electron chi connectivity index (χ2n) is 5.21. The molecule has 0 fully saturated rings. The number of esters is 1. The van der Waals surface area contributed by atoms with E-state index < -0.39 is 23.4 Å². The van der Waals surface area contributed by atoms with E-state index in [0.717, 1.165) is 0 Å². The highest BCUT2D eigenvalue weighted by molar-refractivity contribution is 5.95. The second kappa shape index (κ2) is 8.00. The van der Waals surface area contributed by atoms with Crippen LogP contribution in [0.5, 0.6) is 0 Å². The van der Waals surface area contributed by atoms with Crippen molar-refractivity contribution < 1.29 is 23.6 Å². The van der Waals surface area contributed by atoms with Crippen LogP contribution in [0.15, 0.2) is 42.5 Å². The van der Waals surface area contributed by atoms with Gasteiger partial charge in [0, 0.05) is 12.1 Å².